The molecule has 0 aromatic heterocycles. The number of aliphatic hydroxyl groups is 1. The van der Waals surface area contributed by atoms with Crippen molar-refractivity contribution in [1.82, 2.24) is 4.90 Å². The summed E-state index contributed by atoms with van der Waals surface area (Å²) in [7, 11) is -2.50. The number of nitrogens with zero attached hydrogens (tertiary/aromatic N) is 1. The van der Waals surface area contributed by atoms with Gasteiger partial charge < -0.3 is 14.7 Å². The lowest BCUT2D eigenvalue weighted by atomic mass is 9.85. The zero-order chi connectivity index (χ0) is 20.2. The molecule has 4 rings (SSSR count). The quantitative estimate of drug-likeness (QED) is 0.848. The molecule has 1 amide bonds. The highest BCUT2D eigenvalue weighted by atomic mass is 32.2. The maximum atomic E-state index is 13.0. The van der Waals surface area contributed by atoms with Crippen LogP contribution in [-0.2, 0) is 17.3 Å². The Balaban J connectivity index is 1.82. The summed E-state index contributed by atoms with van der Waals surface area (Å²) in [6.07, 6.45) is -1.10. The normalized spacial score (nSPS) is 23.9. The minimum atomic E-state index is -3.03. The Kier molecular flexibility index (Phi) is 4.50. The molecule has 5 nitrogen and oxygen atoms in total. The van der Waals surface area contributed by atoms with E-state index in [-0.39, 0.29) is 17.3 Å². The number of carbonyl (C=O) groups is 1. The maximum absolute atomic E-state index is 13.0. The highest BCUT2D eigenvalue weighted by molar-refractivity contribution is 7.85. The van der Waals surface area contributed by atoms with Crippen molar-refractivity contribution in [3.8, 4) is 5.75 Å². The van der Waals surface area contributed by atoms with Gasteiger partial charge in [0.15, 0.2) is 0 Å². The molecular weight excluding hydrogens is 388 g/mol. The first-order valence-electron chi connectivity index (χ1n) is 8.79. The number of benzene rings is 2. The van der Waals surface area contributed by atoms with Gasteiger partial charge in [-0.3, -0.25) is 4.79 Å². The molecule has 28 heavy (non-hydrogen) atoms. The van der Waals surface area contributed by atoms with Crippen molar-refractivity contribution in [2.45, 2.75) is 48.8 Å². The molecule has 1 unspecified atom stereocenters. The van der Waals surface area contributed by atoms with E-state index < -0.39 is 34.3 Å². The summed E-state index contributed by atoms with van der Waals surface area (Å²) in [5.74, 6) is -2.90. The van der Waals surface area contributed by atoms with Gasteiger partial charge in [-0.25, -0.2) is 4.21 Å². The first-order valence-corrected chi connectivity index (χ1v) is 10.0. The third kappa shape index (κ3) is 2.91. The van der Waals surface area contributed by atoms with Crippen LogP contribution < -0.4 is 4.74 Å². The zero-order valence-electron chi connectivity index (χ0n) is 15.3. The molecule has 0 bridgehead atoms. The minimum absolute atomic E-state index is 0.0709. The molecule has 2 aromatic carbocycles. The largest absolute Gasteiger partial charge is 0.485 e. The van der Waals surface area contributed by atoms with Gasteiger partial charge in [-0.1, -0.05) is 18.2 Å². The lowest BCUT2D eigenvalue weighted by Gasteiger charge is -2.45. The van der Waals surface area contributed by atoms with Crippen LogP contribution in [0.2, 0.25) is 0 Å². The predicted octanol–water partition coefficient (Wildman–Crippen LogP) is 3.25. The summed E-state index contributed by atoms with van der Waals surface area (Å²) in [6.45, 7) is 3.69. The van der Waals surface area contributed by atoms with Crippen LogP contribution >= 0.6 is 0 Å². The summed E-state index contributed by atoms with van der Waals surface area (Å²) in [5.41, 5.74) is 0.751. The molecule has 148 valence electrons. The van der Waals surface area contributed by atoms with Crippen LogP contribution in [-0.4, -0.2) is 37.6 Å². The fourth-order valence-corrected chi connectivity index (χ4v) is 4.46. The van der Waals surface area contributed by atoms with Crippen molar-refractivity contribution in [3.63, 3.8) is 0 Å². The van der Waals surface area contributed by atoms with Crippen LogP contribution in [0, 0.1) is 0 Å². The summed E-state index contributed by atoms with van der Waals surface area (Å²) in [5, 5.41) is 11.0. The summed E-state index contributed by atoms with van der Waals surface area (Å²) in [6, 6.07) is 10.5. The first-order chi connectivity index (χ1) is 13.2. The van der Waals surface area contributed by atoms with Gasteiger partial charge in [0.25, 0.3) is 5.91 Å². The van der Waals surface area contributed by atoms with Gasteiger partial charge in [0.05, 0.1) is 6.04 Å². The van der Waals surface area contributed by atoms with E-state index in [0.717, 1.165) is 5.56 Å². The van der Waals surface area contributed by atoms with Gasteiger partial charge in [0.1, 0.15) is 28.3 Å². The number of hydrogen-bond acceptors (Lipinski definition) is 4. The monoisotopic (exact) mass is 407 g/mol. The Bertz CT molecular complexity index is 978. The molecule has 2 heterocycles. The number of halogens is 2. The van der Waals surface area contributed by atoms with Crippen molar-refractivity contribution in [3.05, 3.63) is 59.2 Å². The van der Waals surface area contributed by atoms with E-state index in [0.29, 0.717) is 16.9 Å². The molecule has 1 N–H and O–H groups in total. The molecule has 2 aromatic rings. The predicted molar refractivity (Wildman–Crippen MR) is 98.6 cm³/mol. The molecule has 8 heteroatoms. The highest BCUT2D eigenvalue weighted by Gasteiger charge is 2.48. The van der Waals surface area contributed by atoms with E-state index >= 15 is 0 Å². The van der Waals surface area contributed by atoms with Crippen LogP contribution in [0.4, 0.5) is 8.78 Å². The van der Waals surface area contributed by atoms with Crippen LogP contribution in [0.1, 0.15) is 41.4 Å². The van der Waals surface area contributed by atoms with Crippen LogP contribution in [0.25, 0.3) is 0 Å². The van der Waals surface area contributed by atoms with E-state index in [9.17, 15) is 22.9 Å². The lowest BCUT2D eigenvalue weighted by Crippen LogP contribution is -2.53. The Hall–Kier alpha value is -2.32. The minimum Gasteiger partial charge on any atom is -0.485 e. The van der Waals surface area contributed by atoms with E-state index in [1.165, 1.54) is 23.1 Å². The Morgan fingerprint density at radius 2 is 1.96 bits per heavy atom. The number of amides is 1. The van der Waals surface area contributed by atoms with Crippen molar-refractivity contribution in [2.75, 3.05) is 0 Å². The van der Waals surface area contributed by atoms with Crippen LogP contribution in [0.3, 0.4) is 0 Å². The SMILES string of the molecule is CC1(C)Oc2ccc(S(=O)C(F)F)cc2[C@H](N2Cc3ccccc3C2=O)[C@H]1O. The van der Waals surface area contributed by atoms with Crippen LogP contribution in [0.15, 0.2) is 47.4 Å². The molecule has 0 saturated heterocycles. The standard InChI is InChI=1S/C20H19F2NO4S/c1-20(2)17(24)16(23-10-11-5-3-4-6-13(11)18(23)25)14-9-12(28(26)19(21)22)7-8-15(14)27-20/h3-9,16-17,19,24H,10H2,1-2H3/t16-,17+,28?/m0/s1. The Morgan fingerprint density at radius 3 is 2.64 bits per heavy atom. The number of alkyl halides is 2. The van der Waals surface area contributed by atoms with Gasteiger partial charge in [-0.2, -0.15) is 8.78 Å². The van der Waals surface area contributed by atoms with Crippen molar-refractivity contribution in [2.24, 2.45) is 0 Å². The second-order valence-electron chi connectivity index (χ2n) is 7.44. The average Bonchev–Trinajstić information content (AvgIpc) is 2.98. The van der Waals surface area contributed by atoms with E-state index in [1.807, 2.05) is 12.1 Å². The molecule has 0 saturated carbocycles. The molecule has 0 fully saturated rings. The number of ether oxygens (including phenoxy) is 1. The van der Waals surface area contributed by atoms with Crippen molar-refractivity contribution >= 4 is 16.7 Å². The number of rotatable bonds is 3. The summed E-state index contributed by atoms with van der Waals surface area (Å²) in [4.78, 5) is 14.4. The molecular formula is C20H19F2NO4S. The zero-order valence-corrected chi connectivity index (χ0v) is 16.1. The fourth-order valence-electron chi connectivity index (χ4n) is 3.81. The lowest BCUT2D eigenvalue weighted by molar-refractivity contribution is -0.0869. The summed E-state index contributed by atoms with van der Waals surface area (Å²) < 4.78 is 43.6. The number of aliphatic hydroxyl groups excluding tert-OH is 1. The second-order valence-corrected chi connectivity index (χ2v) is 8.87. The maximum Gasteiger partial charge on any atom is 0.316 e. The van der Waals surface area contributed by atoms with Gasteiger partial charge in [-0.15, -0.1) is 0 Å². The third-order valence-corrected chi connectivity index (χ3v) is 6.31. The van der Waals surface area contributed by atoms with E-state index in [2.05, 4.69) is 0 Å². The number of carbonyl (C=O) groups excluding carboxylic acids is 1. The Morgan fingerprint density at radius 1 is 1.25 bits per heavy atom. The third-order valence-electron chi connectivity index (χ3n) is 5.26. The van der Waals surface area contributed by atoms with Gasteiger partial charge in [0, 0.05) is 22.6 Å². The molecule has 0 spiro atoms. The van der Waals surface area contributed by atoms with E-state index in [1.54, 1.807) is 26.0 Å². The topological polar surface area (TPSA) is 66.8 Å². The van der Waals surface area contributed by atoms with E-state index in [4.69, 9.17) is 4.74 Å². The average molecular weight is 407 g/mol. The molecule has 2 aliphatic heterocycles. The Labute approximate surface area is 163 Å². The summed E-state index contributed by atoms with van der Waals surface area (Å²) >= 11 is 0. The van der Waals surface area contributed by atoms with Gasteiger partial charge in [0.2, 0.25) is 0 Å². The molecule has 2 aliphatic rings. The smallest absolute Gasteiger partial charge is 0.316 e. The van der Waals surface area contributed by atoms with Crippen molar-refractivity contribution in [1.29, 1.82) is 0 Å². The molecule has 0 aliphatic carbocycles. The van der Waals surface area contributed by atoms with Crippen LogP contribution in [0.5, 0.6) is 5.75 Å². The van der Waals surface area contributed by atoms with Gasteiger partial charge in [-0.05, 0) is 43.7 Å². The fraction of sp³-hybridized carbons (Fsp3) is 0.350. The van der Waals surface area contributed by atoms with Crippen molar-refractivity contribution < 1.29 is 27.6 Å². The second kappa shape index (κ2) is 6.63. The number of hydrogen-bond donors (Lipinski definition) is 1. The first kappa shape index (κ1) is 19.0. The number of fused-ring (bicyclic) bond motifs is 2. The van der Waals surface area contributed by atoms with Gasteiger partial charge >= 0.3 is 5.76 Å². The highest BCUT2D eigenvalue weighted by Crippen LogP contribution is 2.46. The molecule has 3 atom stereocenters. The molecule has 0 radical (unpaired) electrons.